The van der Waals surface area contributed by atoms with Gasteiger partial charge < -0.3 is 14.2 Å². The van der Waals surface area contributed by atoms with E-state index in [1.165, 1.54) is 89.9 Å². The van der Waals surface area contributed by atoms with Gasteiger partial charge in [-0.05, 0) is 89.9 Å². The van der Waals surface area contributed by atoms with Crippen LogP contribution in [0.1, 0.15) is 252 Å². The summed E-state index contributed by atoms with van der Waals surface area (Å²) in [6, 6.07) is 0. The first-order valence-electron chi connectivity index (χ1n) is 28.4. The van der Waals surface area contributed by atoms with Crippen molar-refractivity contribution in [1.82, 2.24) is 0 Å². The van der Waals surface area contributed by atoms with Crippen LogP contribution < -0.4 is 0 Å². The number of carbonyl (C=O) groups is 3. The van der Waals surface area contributed by atoms with Gasteiger partial charge in [-0.2, -0.15) is 0 Å². The van der Waals surface area contributed by atoms with Crippen molar-refractivity contribution >= 4 is 17.9 Å². The molecule has 0 fully saturated rings. The molecule has 6 heteroatoms. The molecule has 1 unspecified atom stereocenters. The van der Waals surface area contributed by atoms with Crippen LogP contribution in [-0.4, -0.2) is 37.2 Å². The number of unbranched alkanes of at least 4 members (excludes halogenated alkanes) is 21. The number of hydrogen-bond donors (Lipinski definition) is 0. The molecule has 6 nitrogen and oxygen atoms in total. The monoisotopic (exact) mass is 957 g/mol. The normalized spacial score (nSPS) is 12.9. The highest BCUT2D eigenvalue weighted by molar-refractivity contribution is 5.71. The highest BCUT2D eigenvalue weighted by Gasteiger charge is 2.19. The van der Waals surface area contributed by atoms with E-state index >= 15 is 0 Å². The van der Waals surface area contributed by atoms with E-state index in [2.05, 4.69) is 130 Å². The Kier molecular flexibility index (Phi) is 53.4. The van der Waals surface area contributed by atoms with Gasteiger partial charge in [-0.25, -0.2) is 0 Å². The predicted octanol–water partition coefficient (Wildman–Crippen LogP) is 19.1. The second kappa shape index (κ2) is 56.7. The fourth-order valence-electron chi connectivity index (χ4n) is 7.55. The summed E-state index contributed by atoms with van der Waals surface area (Å²) in [5.41, 5.74) is 0. The number of carbonyl (C=O) groups excluding carboxylic acids is 3. The lowest BCUT2D eigenvalue weighted by Crippen LogP contribution is -2.30. The maximum absolute atomic E-state index is 12.8. The molecule has 0 aromatic carbocycles. The number of hydrogen-bond acceptors (Lipinski definition) is 6. The van der Waals surface area contributed by atoms with Gasteiger partial charge in [-0.3, -0.25) is 14.4 Å². The summed E-state index contributed by atoms with van der Waals surface area (Å²) in [5.74, 6) is -0.926. The Morgan fingerprint density at radius 1 is 0.304 bits per heavy atom. The van der Waals surface area contributed by atoms with Crippen LogP contribution in [-0.2, 0) is 28.6 Å². The lowest BCUT2D eigenvalue weighted by atomic mass is 10.0. The number of esters is 3. The minimum absolute atomic E-state index is 0.0867. The highest BCUT2D eigenvalue weighted by atomic mass is 16.6. The van der Waals surface area contributed by atoms with Crippen LogP contribution in [0.2, 0.25) is 0 Å². The molecular weight excluding hydrogens is 853 g/mol. The molecule has 69 heavy (non-hydrogen) atoms. The van der Waals surface area contributed by atoms with E-state index in [9.17, 15) is 14.4 Å². The summed E-state index contributed by atoms with van der Waals surface area (Å²) in [6.07, 6.45) is 76.7. The Labute approximate surface area is 425 Å². The topological polar surface area (TPSA) is 78.9 Å². The van der Waals surface area contributed by atoms with E-state index in [4.69, 9.17) is 14.2 Å². The first kappa shape index (κ1) is 65.1. The van der Waals surface area contributed by atoms with E-state index in [0.29, 0.717) is 19.3 Å². The van der Waals surface area contributed by atoms with Gasteiger partial charge in [0.25, 0.3) is 0 Å². The molecule has 0 N–H and O–H groups in total. The van der Waals surface area contributed by atoms with E-state index in [1.54, 1.807) is 0 Å². The molecule has 0 spiro atoms. The predicted molar refractivity (Wildman–Crippen MR) is 297 cm³/mol. The molecule has 0 aromatic heterocycles. The summed E-state index contributed by atoms with van der Waals surface area (Å²) in [7, 11) is 0. The Balaban J connectivity index is 4.24. The zero-order valence-corrected chi connectivity index (χ0v) is 44.8. The van der Waals surface area contributed by atoms with Crippen LogP contribution in [0.4, 0.5) is 0 Å². The summed E-state index contributed by atoms with van der Waals surface area (Å²) < 4.78 is 16.7. The molecule has 0 bridgehead atoms. The van der Waals surface area contributed by atoms with Crippen molar-refractivity contribution in [2.75, 3.05) is 13.2 Å². The van der Waals surface area contributed by atoms with Gasteiger partial charge in [-0.1, -0.05) is 252 Å². The third-order valence-electron chi connectivity index (χ3n) is 11.8. The molecule has 392 valence electrons. The van der Waals surface area contributed by atoms with Crippen LogP contribution in [0.25, 0.3) is 0 Å². The Morgan fingerprint density at radius 3 is 0.884 bits per heavy atom. The summed E-state index contributed by atoms with van der Waals surface area (Å²) >= 11 is 0. The lowest BCUT2D eigenvalue weighted by molar-refractivity contribution is -0.167. The molecule has 0 heterocycles. The molecule has 0 saturated carbocycles. The number of ether oxygens (including phenoxy) is 3. The molecule has 1 atom stereocenters. The lowest BCUT2D eigenvalue weighted by Gasteiger charge is -2.18. The third-order valence-corrected chi connectivity index (χ3v) is 11.8. The van der Waals surface area contributed by atoms with Crippen LogP contribution in [0.15, 0.2) is 109 Å². The number of rotatable bonds is 50. The average Bonchev–Trinajstić information content (AvgIpc) is 3.35. The molecule has 0 aliphatic heterocycles. The molecule has 0 radical (unpaired) electrons. The number of allylic oxidation sites excluding steroid dienone is 18. The van der Waals surface area contributed by atoms with Crippen molar-refractivity contribution < 1.29 is 28.6 Å². The van der Waals surface area contributed by atoms with Crippen molar-refractivity contribution in [2.45, 2.75) is 258 Å². The van der Waals surface area contributed by atoms with E-state index < -0.39 is 6.10 Å². The third kappa shape index (κ3) is 54.9. The Morgan fingerprint density at radius 2 is 0.565 bits per heavy atom. The van der Waals surface area contributed by atoms with Gasteiger partial charge in [0, 0.05) is 19.3 Å². The zero-order valence-electron chi connectivity index (χ0n) is 44.8. The van der Waals surface area contributed by atoms with Crippen LogP contribution in [0.3, 0.4) is 0 Å². The van der Waals surface area contributed by atoms with E-state index in [0.717, 1.165) is 122 Å². The van der Waals surface area contributed by atoms with Crippen molar-refractivity contribution in [3.05, 3.63) is 109 Å². The van der Waals surface area contributed by atoms with Crippen molar-refractivity contribution in [3.8, 4) is 0 Å². The second-order valence-electron chi connectivity index (χ2n) is 18.5. The summed E-state index contributed by atoms with van der Waals surface area (Å²) in [5, 5.41) is 0. The molecule has 0 aliphatic rings. The molecule has 0 aliphatic carbocycles. The van der Waals surface area contributed by atoms with Crippen LogP contribution in [0.5, 0.6) is 0 Å². The van der Waals surface area contributed by atoms with E-state index in [1.807, 2.05) is 0 Å². The van der Waals surface area contributed by atoms with Gasteiger partial charge in [0.1, 0.15) is 13.2 Å². The maximum atomic E-state index is 12.8. The first-order chi connectivity index (χ1) is 34.0. The van der Waals surface area contributed by atoms with Crippen molar-refractivity contribution in [2.24, 2.45) is 0 Å². The van der Waals surface area contributed by atoms with Gasteiger partial charge in [0.05, 0.1) is 0 Å². The standard InChI is InChI=1S/C63H104O6/c1-4-7-10-13-16-19-21-23-24-25-26-27-28-29-30-31-32-33-34-35-36-37-38-39-40-41-43-44-47-50-53-56-62(65)68-59-60(58-67-61(64)55-52-49-46-18-15-12-9-6-3)69-63(66)57-54-51-48-45-42-22-20-17-14-11-8-5-2/h7,10,16,19,23-24,26-27,29-30,32-33,35-36,38-39,41,43,60H,4-6,8-9,11-15,17-18,20-22,25,28,31,34,37,40,42,44-59H2,1-3H3/b10-7-,19-16-,24-23-,27-26-,30-29-,33-32-,36-35-,39-38-,43-41-. The van der Waals surface area contributed by atoms with Gasteiger partial charge in [0.2, 0.25) is 0 Å². The Bertz CT molecular complexity index is 1420. The minimum Gasteiger partial charge on any atom is -0.462 e. The van der Waals surface area contributed by atoms with Gasteiger partial charge in [-0.15, -0.1) is 0 Å². The van der Waals surface area contributed by atoms with Gasteiger partial charge in [0.15, 0.2) is 6.10 Å². The van der Waals surface area contributed by atoms with Gasteiger partial charge >= 0.3 is 17.9 Å². The molecular formula is C63H104O6. The van der Waals surface area contributed by atoms with Crippen molar-refractivity contribution in [3.63, 3.8) is 0 Å². The smallest absolute Gasteiger partial charge is 0.306 e. The Hall–Kier alpha value is -3.93. The fraction of sp³-hybridized carbons (Fsp3) is 0.667. The first-order valence-corrected chi connectivity index (χ1v) is 28.4. The van der Waals surface area contributed by atoms with Crippen LogP contribution >= 0.6 is 0 Å². The zero-order chi connectivity index (χ0) is 50.0. The average molecular weight is 958 g/mol. The summed E-state index contributed by atoms with van der Waals surface area (Å²) in [4.78, 5) is 37.9. The fourth-order valence-corrected chi connectivity index (χ4v) is 7.55. The SMILES string of the molecule is CC/C=C\C/C=C\C/C=C\C/C=C\C/C=C\C/C=C\C/C=C\C/C=C\C/C=C\CCCCCC(=O)OCC(COC(=O)CCCCCCCCCC)OC(=O)CCCCCCCCCCCCCC. The largest absolute Gasteiger partial charge is 0.462 e. The quantitative estimate of drug-likeness (QED) is 0.0262. The maximum Gasteiger partial charge on any atom is 0.306 e. The molecule has 0 aromatic rings. The summed E-state index contributed by atoms with van der Waals surface area (Å²) in [6.45, 7) is 6.46. The highest BCUT2D eigenvalue weighted by Crippen LogP contribution is 2.15. The minimum atomic E-state index is -0.787. The molecule has 0 rings (SSSR count). The van der Waals surface area contributed by atoms with Crippen molar-refractivity contribution in [1.29, 1.82) is 0 Å². The second-order valence-corrected chi connectivity index (χ2v) is 18.5. The van der Waals surface area contributed by atoms with E-state index in [-0.39, 0.29) is 31.1 Å². The molecule has 0 saturated heterocycles. The van der Waals surface area contributed by atoms with Crippen LogP contribution in [0, 0.1) is 0 Å². The molecule has 0 amide bonds.